The Morgan fingerprint density at radius 1 is 0.778 bits per heavy atom. The highest BCUT2D eigenvalue weighted by Gasteiger charge is 2.31. The zero-order chi connectivity index (χ0) is 7.02. The largest absolute Gasteiger partial charge is 0.311 e. The number of rotatable bonds is 0. The van der Waals surface area contributed by atoms with Gasteiger partial charge in [-0.3, -0.25) is 0 Å². The van der Waals surface area contributed by atoms with E-state index < -0.39 is 0 Å². The van der Waals surface area contributed by atoms with E-state index in [-0.39, 0.29) is 0 Å². The summed E-state index contributed by atoms with van der Waals surface area (Å²) in [7, 11) is 0. The fourth-order valence-corrected chi connectivity index (χ4v) is 1.63. The molecule has 0 aromatic carbocycles. The Bertz CT molecular complexity index is 88.7. The molecular formula is C8H17N. The lowest BCUT2D eigenvalue weighted by Crippen LogP contribution is -2.26. The van der Waals surface area contributed by atoms with E-state index in [1.54, 1.807) is 0 Å². The minimum absolute atomic E-state index is 0.718. The minimum atomic E-state index is 0.718. The molecule has 0 bridgehead atoms. The van der Waals surface area contributed by atoms with Crippen molar-refractivity contribution in [2.24, 2.45) is 11.8 Å². The lowest BCUT2D eigenvalue weighted by atomic mass is 9.92. The van der Waals surface area contributed by atoms with Gasteiger partial charge in [0.15, 0.2) is 0 Å². The maximum Gasteiger partial charge on any atom is 0.00700 e. The van der Waals surface area contributed by atoms with E-state index in [1.807, 2.05) is 0 Å². The first kappa shape index (κ1) is 7.07. The van der Waals surface area contributed by atoms with Crippen molar-refractivity contribution in [3.8, 4) is 0 Å². The molecule has 4 atom stereocenters. The van der Waals surface area contributed by atoms with Crippen molar-refractivity contribution < 1.29 is 0 Å². The second-order valence-corrected chi connectivity index (χ2v) is 3.46. The van der Waals surface area contributed by atoms with Crippen molar-refractivity contribution in [2.45, 2.75) is 39.8 Å². The Hall–Kier alpha value is -0.0400. The smallest absolute Gasteiger partial charge is 0.00700 e. The molecule has 1 aliphatic rings. The fourth-order valence-electron chi connectivity index (χ4n) is 1.63. The minimum Gasteiger partial charge on any atom is -0.311 e. The standard InChI is InChI=1S/C8H17N/c1-5-6(2)8(4)9-7(5)3/h5-9H,1-4H3/t5-,6+,7-,8+. The lowest BCUT2D eigenvalue weighted by molar-refractivity contribution is 0.413. The van der Waals surface area contributed by atoms with E-state index >= 15 is 0 Å². The summed E-state index contributed by atoms with van der Waals surface area (Å²) in [5, 5.41) is 3.52. The van der Waals surface area contributed by atoms with E-state index in [4.69, 9.17) is 0 Å². The maximum absolute atomic E-state index is 3.52. The molecule has 1 heteroatoms. The average Bonchev–Trinajstić information content (AvgIpc) is 1.98. The van der Waals surface area contributed by atoms with Gasteiger partial charge in [-0.05, 0) is 25.7 Å². The van der Waals surface area contributed by atoms with E-state index in [0.717, 1.165) is 23.9 Å². The lowest BCUT2D eigenvalue weighted by Gasteiger charge is -2.12. The molecule has 54 valence electrons. The van der Waals surface area contributed by atoms with Gasteiger partial charge < -0.3 is 5.32 Å². The summed E-state index contributed by atoms with van der Waals surface area (Å²) < 4.78 is 0. The molecule has 0 aromatic rings. The van der Waals surface area contributed by atoms with Gasteiger partial charge >= 0.3 is 0 Å². The van der Waals surface area contributed by atoms with E-state index in [9.17, 15) is 0 Å². The number of nitrogens with one attached hydrogen (secondary N) is 1. The van der Waals surface area contributed by atoms with E-state index in [0.29, 0.717) is 0 Å². The third-order valence-electron chi connectivity index (χ3n) is 2.93. The summed E-state index contributed by atoms with van der Waals surface area (Å²) in [4.78, 5) is 0. The summed E-state index contributed by atoms with van der Waals surface area (Å²) in [5.74, 6) is 1.69. The maximum atomic E-state index is 3.52. The van der Waals surface area contributed by atoms with Crippen LogP contribution in [-0.4, -0.2) is 12.1 Å². The fraction of sp³-hybridized carbons (Fsp3) is 1.00. The Labute approximate surface area is 57.8 Å². The van der Waals surface area contributed by atoms with Gasteiger partial charge in [0.25, 0.3) is 0 Å². The van der Waals surface area contributed by atoms with Crippen LogP contribution in [0.3, 0.4) is 0 Å². The molecular weight excluding hydrogens is 110 g/mol. The molecule has 0 aromatic heterocycles. The number of hydrogen-bond donors (Lipinski definition) is 1. The highest BCUT2D eigenvalue weighted by Crippen LogP contribution is 2.25. The first-order valence-corrected chi connectivity index (χ1v) is 3.89. The summed E-state index contributed by atoms with van der Waals surface area (Å²) in [6.45, 7) is 9.19. The van der Waals surface area contributed by atoms with Crippen molar-refractivity contribution in [3.63, 3.8) is 0 Å². The summed E-state index contributed by atoms with van der Waals surface area (Å²) in [6.07, 6.45) is 0. The van der Waals surface area contributed by atoms with Crippen molar-refractivity contribution >= 4 is 0 Å². The Morgan fingerprint density at radius 3 is 1.22 bits per heavy atom. The van der Waals surface area contributed by atoms with Crippen LogP contribution in [-0.2, 0) is 0 Å². The van der Waals surface area contributed by atoms with Crippen molar-refractivity contribution in [1.82, 2.24) is 5.32 Å². The monoisotopic (exact) mass is 127 g/mol. The van der Waals surface area contributed by atoms with Crippen LogP contribution in [0, 0.1) is 11.8 Å². The molecule has 1 fully saturated rings. The second kappa shape index (κ2) is 2.30. The zero-order valence-corrected chi connectivity index (χ0v) is 6.81. The molecule has 1 heterocycles. The normalized spacial score (nSPS) is 52.0. The van der Waals surface area contributed by atoms with Gasteiger partial charge in [-0.15, -0.1) is 0 Å². The van der Waals surface area contributed by atoms with Crippen LogP contribution in [0.25, 0.3) is 0 Å². The number of hydrogen-bond acceptors (Lipinski definition) is 1. The molecule has 9 heavy (non-hydrogen) atoms. The first-order chi connectivity index (χ1) is 4.13. The van der Waals surface area contributed by atoms with Gasteiger partial charge in [0.05, 0.1) is 0 Å². The van der Waals surface area contributed by atoms with Gasteiger partial charge in [-0.1, -0.05) is 13.8 Å². The Kier molecular flexibility index (Phi) is 1.80. The molecule has 1 saturated heterocycles. The third kappa shape index (κ3) is 1.11. The molecule has 1 aliphatic heterocycles. The first-order valence-electron chi connectivity index (χ1n) is 3.89. The van der Waals surface area contributed by atoms with Gasteiger partial charge in [0.1, 0.15) is 0 Å². The van der Waals surface area contributed by atoms with Crippen LogP contribution < -0.4 is 5.32 Å². The molecule has 0 amide bonds. The Balaban J connectivity index is 2.54. The predicted molar refractivity (Wildman–Crippen MR) is 40.4 cm³/mol. The highest BCUT2D eigenvalue weighted by atomic mass is 15.0. The topological polar surface area (TPSA) is 12.0 Å². The molecule has 0 spiro atoms. The predicted octanol–water partition coefficient (Wildman–Crippen LogP) is 1.64. The van der Waals surface area contributed by atoms with Crippen LogP contribution in [0.4, 0.5) is 0 Å². The van der Waals surface area contributed by atoms with Gasteiger partial charge in [0.2, 0.25) is 0 Å². The van der Waals surface area contributed by atoms with Crippen molar-refractivity contribution in [2.75, 3.05) is 0 Å². The van der Waals surface area contributed by atoms with E-state index in [2.05, 4.69) is 33.0 Å². The molecule has 1 nitrogen and oxygen atoms in total. The summed E-state index contributed by atoms with van der Waals surface area (Å²) >= 11 is 0. The van der Waals surface area contributed by atoms with Gasteiger partial charge in [-0.2, -0.15) is 0 Å². The van der Waals surface area contributed by atoms with E-state index in [1.165, 1.54) is 0 Å². The van der Waals surface area contributed by atoms with Gasteiger partial charge in [-0.25, -0.2) is 0 Å². The van der Waals surface area contributed by atoms with Crippen molar-refractivity contribution in [3.05, 3.63) is 0 Å². The molecule has 0 radical (unpaired) electrons. The third-order valence-corrected chi connectivity index (χ3v) is 2.93. The molecule has 0 saturated carbocycles. The molecule has 1 N–H and O–H groups in total. The second-order valence-electron chi connectivity index (χ2n) is 3.46. The quantitative estimate of drug-likeness (QED) is 0.521. The summed E-state index contributed by atoms with van der Waals surface area (Å²) in [6, 6.07) is 1.44. The average molecular weight is 127 g/mol. The van der Waals surface area contributed by atoms with Crippen LogP contribution in [0.1, 0.15) is 27.7 Å². The van der Waals surface area contributed by atoms with Crippen LogP contribution >= 0.6 is 0 Å². The van der Waals surface area contributed by atoms with Crippen LogP contribution in [0.5, 0.6) is 0 Å². The molecule has 0 aliphatic carbocycles. The van der Waals surface area contributed by atoms with Crippen LogP contribution in [0.2, 0.25) is 0 Å². The highest BCUT2D eigenvalue weighted by molar-refractivity contribution is 4.88. The SMILES string of the molecule is C[C@@H]1[C@H](C)[C@H](C)N[C@@H]1C. The Morgan fingerprint density at radius 2 is 1.11 bits per heavy atom. The van der Waals surface area contributed by atoms with Gasteiger partial charge in [0, 0.05) is 12.1 Å². The van der Waals surface area contributed by atoms with Crippen LogP contribution in [0.15, 0.2) is 0 Å². The molecule has 0 unspecified atom stereocenters. The molecule has 1 rings (SSSR count). The zero-order valence-electron chi connectivity index (χ0n) is 6.81. The summed E-state index contributed by atoms with van der Waals surface area (Å²) in [5.41, 5.74) is 0. The van der Waals surface area contributed by atoms with Crippen molar-refractivity contribution in [1.29, 1.82) is 0 Å².